The fourth-order valence-electron chi connectivity index (χ4n) is 2.97. The molecule has 1 aromatic carbocycles. The Bertz CT molecular complexity index is 752. The molecule has 5 nitrogen and oxygen atoms in total. The van der Waals surface area contributed by atoms with Gasteiger partial charge in [-0.3, -0.25) is 4.79 Å². The largest absolute Gasteiger partial charge is 0.467 e. The zero-order chi connectivity index (χ0) is 17.3. The Morgan fingerprint density at radius 1 is 1.21 bits per heavy atom. The topological polar surface area (TPSA) is 49.9 Å². The van der Waals surface area contributed by atoms with Crippen molar-refractivity contribution >= 4 is 28.9 Å². The Kier molecular flexibility index (Phi) is 4.57. The third kappa shape index (κ3) is 2.89. The van der Waals surface area contributed by atoms with Crippen LogP contribution in [0, 0.1) is 0 Å². The Hall–Kier alpha value is -2.34. The number of fused-ring (bicyclic) bond motifs is 1. The molecule has 1 atom stereocenters. The lowest BCUT2D eigenvalue weighted by atomic mass is 9.98. The lowest BCUT2D eigenvalue weighted by Crippen LogP contribution is -2.43. The number of amides is 1. The summed E-state index contributed by atoms with van der Waals surface area (Å²) in [5.74, 6) is -0.542. The third-order valence-electron chi connectivity index (χ3n) is 4.28. The number of esters is 1. The molecule has 3 rings (SSSR count). The maximum absolute atomic E-state index is 13.0. The van der Waals surface area contributed by atoms with Gasteiger partial charge in [-0.15, -0.1) is 11.3 Å². The van der Waals surface area contributed by atoms with Gasteiger partial charge in [0.05, 0.1) is 7.11 Å². The highest BCUT2D eigenvalue weighted by atomic mass is 32.1. The van der Waals surface area contributed by atoms with Crippen molar-refractivity contribution in [2.75, 3.05) is 32.6 Å². The van der Waals surface area contributed by atoms with Crippen LogP contribution in [0.1, 0.15) is 26.8 Å². The molecule has 1 unspecified atom stereocenters. The first-order valence-corrected chi connectivity index (χ1v) is 8.63. The minimum absolute atomic E-state index is 0.146. The van der Waals surface area contributed by atoms with E-state index in [1.807, 2.05) is 42.6 Å². The Morgan fingerprint density at radius 3 is 2.54 bits per heavy atom. The molecule has 1 aliphatic rings. The predicted octanol–water partition coefficient (Wildman–Crippen LogP) is 2.73. The molecule has 126 valence electrons. The minimum atomic E-state index is -0.661. The lowest BCUT2D eigenvalue weighted by molar-refractivity contribution is -0.146. The minimum Gasteiger partial charge on any atom is -0.467 e. The number of carbonyl (C=O) groups is 2. The number of ether oxygens (including phenoxy) is 1. The van der Waals surface area contributed by atoms with Gasteiger partial charge in [0, 0.05) is 36.8 Å². The maximum Gasteiger partial charge on any atom is 0.333 e. The summed E-state index contributed by atoms with van der Waals surface area (Å²) in [6.07, 6.45) is 0.766. The van der Waals surface area contributed by atoms with Crippen molar-refractivity contribution in [2.24, 2.45) is 0 Å². The molecule has 0 saturated carbocycles. The van der Waals surface area contributed by atoms with Gasteiger partial charge in [0.1, 0.15) is 0 Å². The van der Waals surface area contributed by atoms with E-state index in [9.17, 15) is 9.59 Å². The van der Waals surface area contributed by atoms with Crippen molar-refractivity contribution in [1.29, 1.82) is 0 Å². The first-order chi connectivity index (χ1) is 11.5. The van der Waals surface area contributed by atoms with E-state index in [0.717, 1.165) is 22.5 Å². The molecule has 0 saturated heterocycles. The number of anilines is 1. The number of hydrogen-bond acceptors (Lipinski definition) is 5. The number of methoxy groups -OCH3 is 1. The van der Waals surface area contributed by atoms with E-state index in [1.165, 1.54) is 7.11 Å². The van der Waals surface area contributed by atoms with Gasteiger partial charge in [0.15, 0.2) is 6.04 Å². The van der Waals surface area contributed by atoms with Gasteiger partial charge in [-0.1, -0.05) is 0 Å². The molecule has 1 aliphatic heterocycles. The van der Waals surface area contributed by atoms with Gasteiger partial charge < -0.3 is 14.5 Å². The summed E-state index contributed by atoms with van der Waals surface area (Å²) >= 11 is 1.62. The number of hydrogen-bond donors (Lipinski definition) is 0. The van der Waals surface area contributed by atoms with Crippen LogP contribution in [0.15, 0.2) is 35.7 Å². The van der Waals surface area contributed by atoms with E-state index in [0.29, 0.717) is 12.1 Å². The van der Waals surface area contributed by atoms with Crippen LogP contribution in [0.3, 0.4) is 0 Å². The van der Waals surface area contributed by atoms with Crippen LogP contribution in [-0.2, 0) is 16.0 Å². The highest BCUT2D eigenvalue weighted by Crippen LogP contribution is 2.35. The van der Waals surface area contributed by atoms with Crippen molar-refractivity contribution in [3.63, 3.8) is 0 Å². The number of rotatable bonds is 3. The standard InChI is InChI=1S/C18H20N2O3S/c1-19(2)13-6-4-12(5-7-13)17(21)20-10-8-15-14(9-11-24-15)16(20)18(22)23-3/h4-7,9,11,16H,8,10H2,1-3H3. The average molecular weight is 344 g/mol. The summed E-state index contributed by atoms with van der Waals surface area (Å²) in [6.45, 7) is 0.515. The summed E-state index contributed by atoms with van der Waals surface area (Å²) in [5, 5.41) is 1.96. The van der Waals surface area contributed by atoms with Gasteiger partial charge in [-0.05, 0) is 47.7 Å². The van der Waals surface area contributed by atoms with Crippen molar-refractivity contribution in [1.82, 2.24) is 4.90 Å². The second kappa shape index (κ2) is 6.65. The smallest absolute Gasteiger partial charge is 0.333 e. The predicted molar refractivity (Wildman–Crippen MR) is 94.6 cm³/mol. The highest BCUT2D eigenvalue weighted by molar-refractivity contribution is 7.10. The Morgan fingerprint density at radius 2 is 1.92 bits per heavy atom. The Balaban J connectivity index is 1.92. The van der Waals surface area contributed by atoms with Crippen molar-refractivity contribution in [3.8, 4) is 0 Å². The Labute approximate surface area is 145 Å². The van der Waals surface area contributed by atoms with Gasteiger partial charge in [-0.2, -0.15) is 0 Å². The second-order valence-corrected chi connectivity index (χ2v) is 6.92. The lowest BCUT2D eigenvalue weighted by Gasteiger charge is -2.34. The molecule has 2 heterocycles. The summed E-state index contributed by atoms with van der Waals surface area (Å²) < 4.78 is 4.95. The summed E-state index contributed by atoms with van der Waals surface area (Å²) in [5.41, 5.74) is 2.49. The van der Waals surface area contributed by atoms with Gasteiger partial charge >= 0.3 is 5.97 Å². The van der Waals surface area contributed by atoms with Crippen molar-refractivity contribution < 1.29 is 14.3 Å². The molecule has 0 N–H and O–H groups in total. The molecule has 1 amide bonds. The molecular formula is C18H20N2O3S. The number of carbonyl (C=O) groups excluding carboxylic acids is 2. The molecule has 0 radical (unpaired) electrons. The van der Waals surface area contributed by atoms with E-state index in [4.69, 9.17) is 4.74 Å². The quantitative estimate of drug-likeness (QED) is 0.804. The second-order valence-electron chi connectivity index (χ2n) is 5.91. The van der Waals surface area contributed by atoms with Gasteiger partial charge in [0.25, 0.3) is 5.91 Å². The number of nitrogens with zero attached hydrogens (tertiary/aromatic N) is 2. The average Bonchev–Trinajstić information content (AvgIpc) is 3.08. The van der Waals surface area contributed by atoms with Crippen LogP contribution >= 0.6 is 11.3 Å². The van der Waals surface area contributed by atoms with E-state index in [1.54, 1.807) is 28.4 Å². The van der Waals surface area contributed by atoms with Gasteiger partial charge in [-0.25, -0.2) is 4.79 Å². The van der Waals surface area contributed by atoms with Gasteiger partial charge in [0.2, 0.25) is 0 Å². The first kappa shape index (κ1) is 16.5. The summed E-state index contributed by atoms with van der Waals surface area (Å²) in [4.78, 5) is 30.0. The normalized spacial score (nSPS) is 16.5. The number of benzene rings is 1. The molecule has 24 heavy (non-hydrogen) atoms. The molecule has 6 heteroatoms. The van der Waals surface area contributed by atoms with Crippen LogP contribution in [0.25, 0.3) is 0 Å². The van der Waals surface area contributed by atoms with Crippen LogP contribution < -0.4 is 4.90 Å². The molecule has 0 aliphatic carbocycles. The molecule has 0 fully saturated rings. The third-order valence-corrected chi connectivity index (χ3v) is 5.28. The first-order valence-electron chi connectivity index (χ1n) is 7.75. The fourth-order valence-corrected chi connectivity index (χ4v) is 3.87. The zero-order valence-corrected chi connectivity index (χ0v) is 14.8. The van der Waals surface area contributed by atoms with Crippen LogP contribution in [0.2, 0.25) is 0 Å². The summed E-state index contributed by atoms with van der Waals surface area (Å²) in [6, 6.07) is 8.66. The summed E-state index contributed by atoms with van der Waals surface area (Å²) in [7, 11) is 5.26. The van der Waals surface area contributed by atoms with Crippen molar-refractivity contribution in [2.45, 2.75) is 12.5 Å². The molecule has 0 bridgehead atoms. The molecule has 0 spiro atoms. The molecule has 2 aromatic rings. The van der Waals surface area contributed by atoms with E-state index in [-0.39, 0.29) is 5.91 Å². The maximum atomic E-state index is 13.0. The monoisotopic (exact) mass is 344 g/mol. The van der Waals surface area contributed by atoms with E-state index in [2.05, 4.69) is 0 Å². The van der Waals surface area contributed by atoms with Crippen LogP contribution in [0.5, 0.6) is 0 Å². The van der Waals surface area contributed by atoms with E-state index < -0.39 is 12.0 Å². The highest BCUT2D eigenvalue weighted by Gasteiger charge is 2.37. The number of thiophene rings is 1. The molecule has 1 aromatic heterocycles. The van der Waals surface area contributed by atoms with Crippen LogP contribution in [0.4, 0.5) is 5.69 Å². The molecular weight excluding hydrogens is 324 g/mol. The van der Waals surface area contributed by atoms with Crippen molar-refractivity contribution in [3.05, 3.63) is 51.7 Å². The SMILES string of the molecule is COC(=O)C1c2ccsc2CCN1C(=O)c1ccc(N(C)C)cc1. The van der Waals surface area contributed by atoms with Crippen LogP contribution in [-0.4, -0.2) is 44.5 Å². The fraction of sp³-hybridized carbons (Fsp3) is 0.333. The van der Waals surface area contributed by atoms with E-state index >= 15 is 0 Å². The zero-order valence-electron chi connectivity index (χ0n) is 14.0.